The summed E-state index contributed by atoms with van der Waals surface area (Å²) in [6.07, 6.45) is 3.96. The van der Waals surface area contributed by atoms with Crippen LogP contribution in [0, 0.1) is 0 Å². The second-order valence-electron chi connectivity index (χ2n) is 5.07. The maximum absolute atomic E-state index is 11.5. The smallest absolute Gasteiger partial charge is 0.465 e. The van der Waals surface area contributed by atoms with Crippen LogP contribution >= 0.6 is 22.6 Å². The topological polar surface area (TPSA) is 54.0 Å². The average Bonchev–Trinajstić information content (AvgIpc) is 2.41. The van der Waals surface area contributed by atoms with Crippen LogP contribution in [0.15, 0.2) is 0 Å². The lowest BCUT2D eigenvalue weighted by molar-refractivity contribution is -0.145. The highest BCUT2D eigenvalue weighted by Crippen LogP contribution is 2.19. The molecule has 0 saturated carbocycles. The molecule has 0 unspecified atom stereocenters. The molecular weight excluding hydrogens is 391 g/mol. The predicted molar refractivity (Wildman–Crippen MR) is 89.1 cm³/mol. The Bertz CT molecular complexity index is 268. The van der Waals surface area contributed by atoms with E-state index in [2.05, 4.69) is 22.6 Å². The number of hydrogen-bond donors (Lipinski definition) is 0. The molecule has 0 aliphatic rings. The molecule has 0 aromatic heterocycles. The van der Waals surface area contributed by atoms with Crippen LogP contribution in [0.5, 0.6) is 0 Å². The predicted octanol–water partition coefficient (Wildman–Crippen LogP) is 3.18. The summed E-state index contributed by atoms with van der Waals surface area (Å²) in [6.45, 7) is 4.19. The number of carbonyl (C=O) groups is 1. The van der Waals surface area contributed by atoms with E-state index >= 15 is 0 Å². The molecule has 0 heterocycles. The van der Waals surface area contributed by atoms with Gasteiger partial charge in [0.2, 0.25) is 0 Å². The van der Waals surface area contributed by atoms with Crippen LogP contribution < -0.4 is 0 Å². The van der Waals surface area contributed by atoms with Crippen LogP contribution in [-0.4, -0.2) is 46.1 Å². The Morgan fingerprint density at radius 2 is 1.50 bits per heavy atom. The van der Waals surface area contributed by atoms with E-state index in [-0.39, 0.29) is 5.97 Å². The van der Waals surface area contributed by atoms with E-state index in [0.717, 1.165) is 31.7 Å². The van der Waals surface area contributed by atoms with Crippen molar-refractivity contribution in [2.24, 2.45) is 0 Å². The highest BCUT2D eigenvalue weighted by atomic mass is 127. The molecule has 0 atom stereocenters. The molecule has 7 heteroatoms. The molecule has 0 N–H and O–H groups in total. The van der Waals surface area contributed by atoms with Crippen LogP contribution in [0.25, 0.3) is 0 Å². The lowest BCUT2D eigenvalue weighted by atomic mass is 10.2. The van der Waals surface area contributed by atoms with Crippen molar-refractivity contribution >= 4 is 37.4 Å². The van der Waals surface area contributed by atoms with Crippen molar-refractivity contribution in [1.29, 1.82) is 0 Å². The number of rotatable bonds is 11. The van der Waals surface area contributed by atoms with Gasteiger partial charge in [-0.15, -0.1) is 0 Å². The van der Waals surface area contributed by atoms with Gasteiger partial charge < -0.3 is 18.0 Å². The molecule has 0 amide bonds. The van der Waals surface area contributed by atoms with Gasteiger partial charge in [-0.25, -0.2) is 0 Å². The zero-order valence-electron chi connectivity index (χ0n) is 13.2. The van der Waals surface area contributed by atoms with Crippen molar-refractivity contribution in [3.8, 4) is 0 Å². The zero-order valence-corrected chi connectivity index (χ0v) is 16.3. The summed E-state index contributed by atoms with van der Waals surface area (Å²) >= 11 is 2.09. The molecule has 5 nitrogen and oxygen atoms in total. The summed E-state index contributed by atoms with van der Waals surface area (Å²) in [4.78, 5) is 11.5. The van der Waals surface area contributed by atoms with Crippen molar-refractivity contribution in [3.63, 3.8) is 0 Å². The highest BCUT2D eigenvalue weighted by molar-refractivity contribution is 14.1. The maximum Gasteiger partial charge on any atom is 0.500 e. The van der Waals surface area contributed by atoms with E-state index in [0.29, 0.717) is 6.61 Å². The molecular formula is C13H27IO5Si. The van der Waals surface area contributed by atoms with Crippen LogP contribution in [0.4, 0.5) is 0 Å². The molecule has 120 valence electrons. The summed E-state index contributed by atoms with van der Waals surface area (Å²) < 4.78 is 20.8. The Balaban J connectivity index is 3.66. The quantitative estimate of drug-likeness (QED) is 0.170. The fourth-order valence-electron chi connectivity index (χ4n) is 1.69. The largest absolute Gasteiger partial charge is 0.500 e. The van der Waals surface area contributed by atoms with E-state index in [1.807, 2.05) is 13.8 Å². The molecule has 0 rings (SSSR count). The fourth-order valence-corrected chi connectivity index (χ4v) is 3.64. The Morgan fingerprint density at radius 3 is 1.95 bits per heavy atom. The molecule has 0 spiro atoms. The molecule has 0 aromatic carbocycles. The lowest BCUT2D eigenvalue weighted by Gasteiger charge is -2.24. The molecule has 0 saturated heterocycles. The van der Waals surface area contributed by atoms with Gasteiger partial charge in [0, 0.05) is 27.4 Å². The van der Waals surface area contributed by atoms with Crippen molar-refractivity contribution in [2.45, 2.75) is 49.0 Å². The molecule has 20 heavy (non-hydrogen) atoms. The maximum atomic E-state index is 11.5. The molecule has 0 aliphatic heterocycles. The van der Waals surface area contributed by atoms with Gasteiger partial charge in [0.1, 0.15) is 3.42 Å². The fraction of sp³-hybridized carbons (Fsp3) is 0.923. The first-order valence-corrected chi connectivity index (χ1v) is 9.84. The Labute approximate surface area is 137 Å². The molecule has 0 aliphatic carbocycles. The number of halogens is 1. The monoisotopic (exact) mass is 418 g/mol. The standard InChI is InChI=1S/C13H27IO5Si/c1-13(2,14)12(15)19-10-8-6-7-9-11-20(16-3,17-4)18-5/h6-11H2,1-5H3. The van der Waals surface area contributed by atoms with Crippen molar-refractivity contribution < 1.29 is 22.8 Å². The molecule has 0 radical (unpaired) electrons. The minimum Gasteiger partial charge on any atom is -0.465 e. The van der Waals surface area contributed by atoms with E-state index in [4.69, 9.17) is 18.0 Å². The van der Waals surface area contributed by atoms with Crippen molar-refractivity contribution in [3.05, 3.63) is 0 Å². The third-order valence-electron chi connectivity index (χ3n) is 3.03. The minimum atomic E-state index is -2.41. The SMILES string of the molecule is CO[Si](CCCCCCOC(=O)C(C)(C)I)(OC)OC. The zero-order chi connectivity index (χ0) is 15.6. The second-order valence-corrected chi connectivity index (χ2v) is 10.9. The van der Waals surface area contributed by atoms with Crippen LogP contribution in [0.3, 0.4) is 0 Å². The summed E-state index contributed by atoms with van der Waals surface area (Å²) in [7, 11) is 2.47. The average molecular weight is 418 g/mol. The third-order valence-corrected chi connectivity index (χ3v) is 6.30. The lowest BCUT2D eigenvalue weighted by Crippen LogP contribution is -2.42. The summed E-state index contributed by atoms with van der Waals surface area (Å²) in [5.41, 5.74) is 0. The van der Waals surface area contributed by atoms with Gasteiger partial charge in [0.15, 0.2) is 0 Å². The summed E-state index contributed by atoms with van der Waals surface area (Å²) in [5.74, 6) is -0.150. The van der Waals surface area contributed by atoms with Gasteiger partial charge in [0.25, 0.3) is 0 Å². The minimum absolute atomic E-state index is 0.150. The number of unbranched alkanes of at least 4 members (excludes halogenated alkanes) is 3. The normalized spacial score (nSPS) is 12.5. The number of esters is 1. The van der Waals surface area contributed by atoms with Gasteiger partial charge in [0.05, 0.1) is 6.61 Å². The van der Waals surface area contributed by atoms with Gasteiger partial charge in [-0.05, 0) is 26.7 Å². The van der Waals surface area contributed by atoms with E-state index < -0.39 is 12.2 Å². The number of hydrogen-bond acceptors (Lipinski definition) is 5. The van der Waals surface area contributed by atoms with Crippen molar-refractivity contribution in [2.75, 3.05) is 27.9 Å². The van der Waals surface area contributed by atoms with Gasteiger partial charge in [-0.1, -0.05) is 35.4 Å². The summed E-state index contributed by atoms with van der Waals surface area (Å²) in [5, 5.41) is 0. The van der Waals surface area contributed by atoms with E-state index in [9.17, 15) is 4.79 Å². The van der Waals surface area contributed by atoms with Crippen LogP contribution in [-0.2, 0) is 22.8 Å². The number of carbonyl (C=O) groups excluding carboxylic acids is 1. The molecule has 0 bridgehead atoms. The Hall–Kier alpha value is 0.297. The van der Waals surface area contributed by atoms with Gasteiger partial charge in [-0.3, -0.25) is 4.79 Å². The summed E-state index contributed by atoms with van der Waals surface area (Å²) in [6, 6.07) is 0.817. The number of alkyl halides is 1. The Morgan fingerprint density at radius 1 is 1.00 bits per heavy atom. The van der Waals surface area contributed by atoms with E-state index in [1.165, 1.54) is 0 Å². The van der Waals surface area contributed by atoms with Crippen LogP contribution in [0.1, 0.15) is 39.5 Å². The number of ether oxygens (including phenoxy) is 1. The highest BCUT2D eigenvalue weighted by Gasteiger charge is 2.36. The molecule has 0 fully saturated rings. The van der Waals surface area contributed by atoms with Gasteiger partial charge in [-0.2, -0.15) is 0 Å². The first-order valence-electron chi connectivity index (χ1n) is 6.83. The van der Waals surface area contributed by atoms with Crippen molar-refractivity contribution in [1.82, 2.24) is 0 Å². The first kappa shape index (κ1) is 20.3. The van der Waals surface area contributed by atoms with Gasteiger partial charge >= 0.3 is 14.8 Å². The van der Waals surface area contributed by atoms with E-state index in [1.54, 1.807) is 21.3 Å². The third kappa shape index (κ3) is 7.92. The molecule has 0 aromatic rings. The second kappa shape index (κ2) is 10.1. The first-order chi connectivity index (χ1) is 9.31. The Kier molecular flexibility index (Phi) is 10.2. The van der Waals surface area contributed by atoms with Crippen LogP contribution in [0.2, 0.25) is 6.04 Å².